The summed E-state index contributed by atoms with van der Waals surface area (Å²) in [5.41, 5.74) is 7.44. The summed E-state index contributed by atoms with van der Waals surface area (Å²) in [4.78, 5) is 16.4. The number of Topliss-reactive ketones (excluding diaryl/α,β-unsaturated/α-hetero) is 1. The molecular formula is C15H18N2O2. The van der Waals surface area contributed by atoms with E-state index in [-0.39, 0.29) is 5.78 Å². The number of nitrogens with two attached hydrogens (primary N) is 1. The van der Waals surface area contributed by atoms with Crippen LogP contribution < -0.4 is 5.73 Å². The Hall–Kier alpha value is -1.78. The van der Waals surface area contributed by atoms with Crippen LogP contribution in [0.4, 0.5) is 0 Å². The van der Waals surface area contributed by atoms with Crippen molar-refractivity contribution in [3.8, 4) is 0 Å². The monoisotopic (exact) mass is 258 g/mol. The van der Waals surface area contributed by atoms with E-state index in [4.69, 9.17) is 10.5 Å². The molecule has 19 heavy (non-hydrogen) atoms. The predicted octanol–water partition coefficient (Wildman–Crippen LogP) is 2.17. The minimum atomic E-state index is -0.468. The van der Waals surface area contributed by atoms with Crippen LogP contribution in [0.5, 0.6) is 0 Å². The van der Waals surface area contributed by atoms with Crippen molar-refractivity contribution in [2.45, 2.75) is 18.9 Å². The van der Waals surface area contributed by atoms with Crippen LogP contribution >= 0.6 is 0 Å². The highest BCUT2D eigenvalue weighted by Gasteiger charge is 2.15. The fraction of sp³-hybridized carbons (Fsp3) is 0.333. The van der Waals surface area contributed by atoms with Gasteiger partial charge in [-0.2, -0.15) is 0 Å². The van der Waals surface area contributed by atoms with E-state index in [1.54, 1.807) is 19.4 Å². The largest absolute Gasteiger partial charge is 0.385 e. The molecule has 2 rings (SSSR count). The number of ketones is 1. The van der Waals surface area contributed by atoms with Crippen LogP contribution in [0.15, 0.2) is 36.5 Å². The van der Waals surface area contributed by atoms with Gasteiger partial charge in [-0.25, -0.2) is 0 Å². The molecule has 0 aliphatic carbocycles. The Bertz CT molecular complexity index is 569. The molecule has 2 aromatic rings. The third-order valence-electron chi connectivity index (χ3n) is 3.09. The molecule has 0 fully saturated rings. The number of benzene rings is 1. The summed E-state index contributed by atoms with van der Waals surface area (Å²) < 4.78 is 4.96. The first-order valence-corrected chi connectivity index (χ1v) is 6.36. The number of rotatable bonds is 6. The van der Waals surface area contributed by atoms with Gasteiger partial charge in [0.2, 0.25) is 0 Å². The Balaban J connectivity index is 2.12. The Morgan fingerprint density at radius 2 is 2.26 bits per heavy atom. The molecule has 1 aromatic carbocycles. The van der Waals surface area contributed by atoms with Gasteiger partial charge in [0.25, 0.3) is 0 Å². The quantitative estimate of drug-likeness (QED) is 0.637. The van der Waals surface area contributed by atoms with Crippen LogP contribution in [-0.2, 0) is 4.74 Å². The summed E-state index contributed by atoms with van der Waals surface area (Å²) in [6.07, 6.45) is 3.16. The summed E-state index contributed by atoms with van der Waals surface area (Å²) in [5.74, 6) is -0.0261. The molecule has 0 bridgehead atoms. The van der Waals surface area contributed by atoms with Crippen LogP contribution in [0, 0.1) is 0 Å². The average Bonchev–Trinajstić information content (AvgIpc) is 2.46. The number of methoxy groups -OCH3 is 1. The van der Waals surface area contributed by atoms with Crippen molar-refractivity contribution in [3.63, 3.8) is 0 Å². The molecule has 1 unspecified atom stereocenters. The number of carbonyl (C=O) groups is 1. The summed E-state index contributed by atoms with van der Waals surface area (Å²) in [5, 5.41) is 0.956. The normalized spacial score (nSPS) is 12.5. The van der Waals surface area contributed by atoms with Crippen molar-refractivity contribution in [2.24, 2.45) is 5.73 Å². The highest BCUT2D eigenvalue weighted by atomic mass is 16.5. The summed E-state index contributed by atoms with van der Waals surface area (Å²) in [6.45, 7) is 0.628. The van der Waals surface area contributed by atoms with Gasteiger partial charge in [-0.15, -0.1) is 0 Å². The molecule has 4 heteroatoms. The third-order valence-corrected chi connectivity index (χ3v) is 3.09. The number of pyridine rings is 1. The van der Waals surface area contributed by atoms with Crippen LogP contribution in [0.1, 0.15) is 23.2 Å². The number of nitrogens with zero attached hydrogens (tertiary/aromatic N) is 1. The van der Waals surface area contributed by atoms with Crippen LogP contribution in [-0.4, -0.2) is 30.5 Å². The minimum absolute atomic E-state index is 0.0261. The molecule has 0 aliphatic heterocycles. The lowest BCUT2D eigenvalue weighted by Gasteiger charge is -2.10. The fourth-order valence-electron chi connectivity index (χ4n) is 2.02. The number of hydrogen-bond acceptors (Lipinski definition) is 4. The molecule has 0 amide bonds. The molecule has 1 atom stereocenters. The van der Waals surface area contributed by atoms with E-state index < -0.39 is 6.04 Å². The van der Waals surface area contributed by atoms with Crippen molar-refractivity contribution < 1.29 is 9.53 Å². The minimum Gasteiger partial charge on any atom is -0.385 e. The zero-order valence-corrected chi connectivity index (χ0v) is 11.0. The summed E-state index contributed by atoms with van der Waals surface area (Å²) in [6, 6.07) is 8.81. The molecule has 0 spiro atoms. The molecule has 4 nitrogen and oxygen atoms in total. The highest BCUT2D eigenvalue weighted by molar-refractivity contribution is 6.02. The van der Waals surface area contributed by atoms with Crippen molar-refractivity contribution in [1.29, 1.82) is 0 Å². The van der Waals surface area contributed by atoms with Gasteiger partial charge in [0, 0.05) is 30.9 Å². The van der Waals surface area contributed by atoms with Crippen molar-refractivity contribution in [1.82, 2.24) is 4.98 Å². The Morgan fingerprint density at radius 3 is 3.05 bits per heavy atom. The van der Waals surface area contributed by atoms with E-state index in [1.807, 2.05) is 24.3 Å². The average molecular weight is 258 g/mol. The topological polar surface area (TPSA) is 65.2 Å². The summed E-state index contributed by atoms with van der Waals surface area (Å²) in [7, 11) is 1.64. The lowest BCUT2D eigenvalue weighted by Crippen LogP contribution is -2.30. The van der Waals surface area contributed by atoms with Gasteiger partial charge >= 0.3 is 0 Å². The molecule has 0 saturated carbocycles. The van der Waals surface area contributed by atoms with Gasteiger partial charge in [-0.1, -0.05) is 6.07 Å². The van der Waals surface area contributed by atoms with Gasteiger partial charge in [0.1, 0.15) is 0 Å². The fourth-order valence-corrected chi connectivity index (χ4v) is 2.02. The molecule has 100 valence electrons. The van der Waals surface area contributed by atoms with E-state index in [1.165, 1.54) is 0 Å². The second-order valence-corrected chi connectivity index (χ2v) is 4.52. The highest BCUT2D eigenvalue weighted by Crippen LogP contribution is 2.15. The van der Waals surface area contributed by atoms with E-state index >= 15 is 0 Å². The lowest BCUT2D eigenvalue weighted by molar-refractivity contribution is 0.0950. The molecule has 0 aliphatic rings. The van der Waals surface area contributed by atoms with E-state index in [9.17, 15) is 4.79 Å². The number of fused-ring (bicyclic) bond motifs is 1. The number of aromatic nitrogens is 1. The maximum Gasteiger partial charge on any atom is 0.179 e. The first-order chi connectivity index (χ1) is 9.22. The smallest absolute Gasteiger partial charge is 0.179 e. The van der Waals surface area contributed by atoms with Gasteiger partial charge in [-0.05, 0) is 37.1 Å². The SMILES string of the molecule is COCCCC(N)C(=O)c1ccc2ncccc2c1. The number of ether oxygens (including phenoxy) is 1. The first-order valence-electron chi connectivity index (χ1n) is 6.36. The first kappa shape index (κ1) is 13.6. The third kappa shape index (κ3) is 3.36. The van der Waals surface area contributed by atoms with Gasteiger partial charge in [-0.3, -0.25) is 9.78 Å². The Morgan fingerprint density at radius 1 is 1.42 bits per heavy atom. The van der Waals surface area contributed by atoms with E-state index in [2.05, 4.69) is 4.98 Å². The number of hydrogen-bond donors (Lipinski definition) is 1. The maximum atomic E-state index is 12.2. The molecule has 0 saturated heterocycles. The predicted molar refractivity (Wildman–Crippen MR) is 75.2 cm³/mol. The van der Waals surface area contributed by atoms with E-state index in [0.29, 0.717) is 18.6 Å². The molecular weight excluding hydrogens is 240 g/mol. The molecule has 1 aromatic heterocycles. The zero-order valence-electron chi connectivity index (χ0n) is 11.0. The maximum absolute atomic E-state index is 12.2. The van der Waals surface area contributed by atoms with Crippen molar-refractivity contribution in [3.05, 3.63) is 42.1 Å². The number of carbonyl (C=O) groups excluding carboxylic acids is 1. The van der Waals surface area contributed by atoms with Gasteiger partial charge in [0.15, 0.2) is 5.78 Å². The van der Waals surface area contributed by atoms with Crippen molar-refractivity contribution in [2.75, 3.05) is 13.7 Å². The second-order valence-electron chi connectivity index (χ2n) is 4.52. The van der Waals surface area contributed by atoms with Crippen LogP contribution in [0.3, 0.4) is 0 Å². The lowest BCUT2D eigenvalue weighted by atomic mass is 9.99. The van der Waals surface area contributed by atoms with Crippen LogP contribution in [0.25, 0.3) is 10.9 Å². The van der Waals surface area contributed by atoms with Gasteiger partial charge in [0.05, 0.1) is 11.6 Å². The standard InChI is InChI=1S/C15H18N2O2/c1-19-9-3-5-13(16)15(18)12-6-7-14-11(10-12)4-2-8-17-14/h2,4,6-8,10,13H,3,5,9,16H2,1H3. The van der Waals surface area contributed by atoms with E-state index in [0.717, 1.165) is 17.3 Å². The molecule has 2 N–H and O–H groups in total. The Kier molecular flexibility index (Phi) is 4.60. The second kappa shape index (κ2) is 6.41. The van der Waals surface area contributed by atoms with Crippen molar-refractivity contribution >= 4 is 16.7 Å². The molecule has 1 heterocycles. The zero-order chi connectivity index (χ0) is 13.7. The van der Waals surface area contributed by atoms with Crippen LogP contribution in [0.2, 0.25) is 0 Å². The summed E-state index contributed by atoms with van der Waals surface area (Å²) >= 11 is 0. The Labute approximate surface area is 112 Å². The molecule has 0 radical (unpaired) electrons. The van der Waals surface area contributed by atoms with Gasteiger partial charge < -0.3 is 10.5 Å².